The van der Waals surface area contributed by atoms with Crippen LogP contribution in [0.5, 0.6) is 0 Å². The first-order valence-electron chi connectivity index (χ1n) is 6.82. The fraction of sp³-hybridized carbons (Fsp3) is 0.846. The summed E-state index contributed by atoms with van der Waals surface area (Å²) in [6.45, 7) is 4.53. The van der Waals surface area contributed by atoms with Gasteiger partial charge < -0.3 is 14.5 Å². The van der Waals surface area contributed by atoms with E-state index in [1.807, 2.05) is 9.80 Å². The van der Waals surface area contributed by atoms with E-state index < -0.39 is 0 Å². The average molecular weight is 252 g/mol. The normalized spacial score (nSPS) is 32.1. The van der Waals surface area contributed by atoms with E-state index in [9.17, 15) is 9.59 Å². The standard InChI is InChI=1S/C13H20N2O3/c1-9(16)14-4-2-10(3-5-14)13(17)15-7-12-6-11(15)8-18-12/h10-12H,2-8H2,1H3/t11-,12+/m0/s1. The van der Waals surface area contributed by atoms with Crippen molar-refractivity contribution in [1.29, 1.82) is 0 Å². The summed E-state index contributed by atoms with van der Waals surface area (Å²) in [4.78, 5) is 27.5. The smallest absolute Gasteiger partial charge is 0.226 e. The van der Waals surface area contributed by atoms with Crippen molar-refractivity contribution in [2.45, 2.75) is 38.3 Å². The fourth-order valence-corrected chi connectivity index (χ4v) is 3.35. The summed E-state index contributed by atoms with van der Waals surface area (Å²) >= 11 is 0. The van der Waals surface area contributed by atoms with Gasteiger partial charge in [0.25, 0.3) is 0 Å². The molecule has 3 fully saturated rings. The van der Waals surface area contributed by atoms with Gasteiger partial charge in [-0.15, -0.1) is 0 Å². The van der Waals surface area contributed by atoms with E-state index >= 15 is 0 Å². The van der Waals surface area contributed by atoms with Crippen molar-refractivity contribution in [2.75, 3.05) is 26.2 Å². The lowest BCUT2D eigenvalue weighted by atomic mass is 9.95. The van der Waals surface area contributed by atoms with Gasteiger partial charge in [-0.2, -0.15) is 0 Å². The van der Waals surface area contributed by atoms with Crippen molar-refractivity contribution in [3.63, 3.8) is 0 Å². The van der Waals surface area contributed by atoms with Crippen LogP contribution in [0.3, 0.4) is 0 Å². The van der Waals surface area contributed by atoms with Gasteiger partial charge in [-0.05, 0) is 19.3 Å². The molecule has 0 aromatic carbocycles. The third-order valence-electron chi connectivity index (χ3n) is 4.47. The molecule has 3 heterocycles. The second kappa shape index (κ2) is 4.53. The van der Waals surface area contributed by atoms with Crippen molar-refractivity contribution >= 4 is 11.8 Å². The molecule has 5 nitrogen and oxygen atoms in total. The molecule has 2 amide bonds. The highest BCUT2D eigenvalue weighted by Crippen LogP contribution is 2.31. The maximum atomic E-state index is 12.4. The number of amides is 2. The van der Waals surface area contributed by atoms with Crippen molar-refractivity contribution in [3.05, 3.63) is 0 Å². The highest BCUT2D eigenvalue weighted by atomic mass is 16.5. The first-order valence-corrected chi connectivity index (χ1v) is 6.82. The first-order chi connectivity index (χ1) is 8.65. The molecule has 3 aliphatic heterocycles. The van der Waals surface area contributed by atoms with Crippen LogP contribution in [0.15, 0.2) is 0 Å². The van der Waals surface area contributed by atoms with E-state index in [-0.39, 0.29) is 23.8 Å². The van der Waals surface area contributed by atoms with Gasteiger partial charge in [0, 0.05) is 32.5 Å². The molecule has 18 heavy (non-hydrogen) atoms. The van der Waals surface area contributed by atoms with Crippen molar-refractivity contribution in [3.8, 4) is 0 Å². The van der Waals surface area contributed by atoms with E-state index in [4.69, 9.17) is 4.74 Å². The molecule has 0 saturated carbocycles. The van der Waals surface area contributed by atoms with Crippen LogP contribution in [0.1, 0.15) is 26.2 Å². The molecule has 0 unspecified atom stereocenters. The minimum absolute atomic E-state index is 0.111. The molecule has 2 bridgehead atoms. The Kier molecular flexibility index (Phi) is 3.01. The number of carbonyl (C=O) groups is 2. The molecule has 0 aliphatic carbocycles. The monoisotopic (exact) mass is 252 g/mol. The number of likely N-dealkylation sites (tertiary alicyclic amines) is 2. The van der Waals surface area contributed by atoms with Gasteiger partial charge >= 0.3 is 0 Å². The Bertz CT molecular complexity index is 363. The summed E-state index contributed by atoms with van der Waals surface area (Å²) in [6, 6.07) is 0.313. The van der Waals surface area contributed by atoms with Gasteiger partial charge in [0.2, 0.25) is 11.8 Å². The largest absolute Gasteiger partial charge is 0.374 e. The second-order valence-corrected chi connectivity index (χ2v) is 5.62. The highest BCUT2D eigenvalue weighted by molar-refractivity contribution is 5.80. The zero-order valence-electron chi connectivity index (χ0n) is 10.8. The Hall–Kier alpha value is -1.10. The molecule has 2 atom stereocenters. The third-order valence-corrected chi connectivity index (χ3v) is 4.47. The average Bonchev–Trinajstić information content (AvgIpc) is 3.00. The van der Waals surface area contributed by atoms with E-state index in [0.717, 1.165) is 38.9 Å². The third kappa shape index (κ3) is 2.00. The molecular formula is C13H20N2O3. The van der Waals surface area contributed by atoms with Crippen LogP contribution in [-0.2, 0) is 14.3 Å². The van der Waals surface area contributed by atoms with Gasteiger partial charge in [-0.3, -0.25) is 9.59 Å². The molecular weight excluding hydrogens is 232 g/mol. The van der Waals surface area contributed by atoms with Crippen LogP contribution in [0.2, 0.25) is 0 Å². The van der Waals surface area contributed by atoms with Gasteiger partial charge in [0.15, 0.2) is 0 Å². The number of rotatable bonds is 1. The SMILES string of the molecule is CC(=O)N1CCC(C(=O)N2C[C@H]3C[C@H]2CO3)CC1. The number of nitrogens with zero attached hydrogens (tertiary/aromatic N) is 2. The maximum absolute atomic E-state index is 12.4. The summed E-state index contributed by atoms with van der Waals surface area (Å²) in [5.74, 6) is 0.517. The second-order valence-electron chi connectivity index (χ2n) is 5.62. The predicted octanol–water partition coefficient (Wildman–Crippen LogP) is 0.245. The zero-order valence-corrected chi connectivity index (χ0v) is 10.8. The lowest BCUT2D eigenvalue weighted by Gasteiger charge is -2.35. The van der Waals surface area contributed by atoms with Gasteiger partial charge in [-0.1, -0.05) is 0 Å². The zero-order chi connectivity index (χ0) is 12.7. The van der Waals surface area contributed by atoms with E-state index in [2.05, 4.69) is 0 Å². The van der Waals surface area contributed by atoms with Crippen LogP contribution in [0, 0.1) is 5.92 Å². The Labute approximate surface area is 107 Å². The highest BCUT2D eigenvalue weighted by Gasteiger charge is 2.43. The van der Waals surface area contributed by atoms with Crippen molar-refractivity contribution in [1.82, 2.24) is 9.80 Å². The minimum atomic E-state index is 0.111. The molecule has 0 N–H and O–H groups in total. The summed E-state index contributed by atoms with van der Waals surface area (Å²) in [7, 11) is 0. The Morgan fingerprint density at radius 2 is 1.94 bits per heavy atom. The summed E-state index contributed by atoms with van der Waals surface area (Å²) < 4.78 is 5.52. The van der Waals surface area contributed by atoms with Crippen LogP contribution in [-0.4, -0.2) is 60.0 Å². The number of hydrogen-bond donors (Lipinski definition) is 0. The Morgan fingerprint density at radius 1 is 1.22 bits per heavy atom. The molecule has 3 rings (SSSR count). The number of morpholine rings is 1. The lowest BCUT2D eigenvalue weighted by Crippen LogP contribution is -2.47. The first kappa shape index (κ1) is 12.0. The van der Waals surface area contributed by atoms with Crippen molar-refractivity contribution < 1.29 is 14.3 Å². The molecule has 0 radical (unpaired) electrons. The van der Waals surface area contributed by atoms with Gasteiger partial charge in [0.05, 0.1) is 18.8 Å². The fourth-order valence-electron chi connectivity index (χ4n) is 3.35. The van der Waals surface area contributed by atoms with E-state index in [0.29, 0.717) is 12.6 Å². The summed E-state index contributed by atoms with van der Waals surface area (Å²) in [5, 5.41) is 0. The number of piperidine rings is 1. The van der Waals surface area contributed by atoms with Crippen LogP contribution in [0.4, 0.5) is 0 Å². The predicted molar refractivity (Wildman–Crippen MR) is 64.8 cm³/mol. The number of fused-ring (bicyclic) bond motifs is 2. The topological polar surface area (TPSA) is 49.9 Å². The molecule has 100 valence electrons. The maximum Gasteiger partial charge on any atom is 0.226 e. The molecule has 3 aliphatic rings. The van der Waals surface area contributed by atoms with Crippen LogP contribution < -0.4 is 0 Å². The lowest BCUT2D eigenvalue weighted by molar-refractivity contribution is -0.143. The van der Waals surface area contributed by atoms with Gasteiger partial charge in [-0.25, -0.2) is 0 Å². The Balaban J connectivity index is 1.56. The molecule has 3 saturated heterocycles. The molecule has 5 heteroatoms. The quantitative estimate of drug-likeness (QED) is 0.672. The molecule has 0 aromatic heterocycles. The van der Waals surface area contributed by atoms with Crippen LogP contribution in [0.25, 0.3) is 0 Å². The van der Waals surface area contributed by atoms with Gasteiger partial charge in [0.1, 0.15) is 0 Å². The number of ether oxygens (including phenoxy) is 1. The molecule has 0 aromatic rings. The van der Waals surface area contributed by atoms with E-state index in [1.54, 1.807) is 6.92 Å². The molecule has 0 spiro atoms. The van der Waals surface area contributed by atoms with Crippen molar-refractivity contribution in [2.24, 2.45) is 5.92 Å². The number of carbonyl (C=O) groups excluding carboxylic acids is 2. The Morgan fingerprint density at radius 3 is 2.44 bits per heavy atom. The van der Waals surface area contributed by atoms with E-state index in [1.165, 1.54) is 0 Å². The minimum Gasteiger partial charge on any atom is -0.374 e. The van der Waals surface area contributed by atoms with Crippen LogP contribution >= 0.6 is 0 Å². The number of hydrogen-bond acceptors (Lipinski definition) is 3. The summed E-state index contributed by atoms with van der Waals surface area (Å²) in [6.07, 6.45) is 2.91. The summed E-state index contributed by atoms with van der Waals surface area (Å²) in [5.41, 5.74) is 0.